The van der Waals surface area contributed by atoms with Gasteiger partial charge in [-0.05, 0) is 31.2 Å². The van der Waals surface area contributed by atoms with Crippen molar-refractivity contribution in [2.24, 2.45) is 0 Å². The van der Waals surface area contributed by atoms with Crippen LogP contribution in [0, 0.1) is 0 Å². The number of amides is 2. The molecular weight excluding hydrogens is 432 g/mol. The fourth-order valence-electron chi connectivity index (χ4n) is 3.71. The van der Waals surface area contributed by atoms with E-state index in [1.165, 1.54) is 0 Å². The molecule has 0 aliphatic carbocycles. The number of hydrogen-bond acceptors (Lipinski definition) is 8. The molecule has 3 aromatic rings. The average Bonchev–Trinajstić information content (AvgIpc) is 3.23. The fourth-order valence-corrected chi connectivity index (χ4v) is 4.34. The van der Waals surface area contributed by atoms with Crippen LogP contribution in [0.25, 0.3) is 0 Å². The minimum atomic E-state index is -0.517. The molecule has 1 aromatic heterocycles. The van der Waals surface area contributed by atoms with Gasteiger partial charge in [-0.15, -0.1) is 10.2 Å². The molecule has 2 amide bonds. The summed E-state index contributed by atoms with van der Waals surface area (Å²) in [6.45, 7) is 2.11. The molecule has 2 aliphatic heterocycles. The molecule has 9 nitrogen and oxygen atoms in total. The van der Waals surface area contributed by atoms with Gasteiger partial charge < -0.3 is 24.1 Å². The van der Waals surface area contributed by atoms with Crippen molar-refractivity contribution in [3.8, 4) is 11.5 Å². The lowest BCUT2D eigenvalue weighted by Crippen LogP contribution is -2.40. The molecule has 1 N–H and O–H groups in total. The van der Waals surface area contributed by atoms with Crippen molar-refractivity contribution in [2.45, 2.75) is 30.7 Å². The van der Waals surface area contributed by atoms with Gasteiger partial charge in [0.2, 0.25) is 17.9 Å². The second-order valence-electron chi connectivity index (χ2n) is 7.44. The molecule has 0 unspecified atom stereocenters. The Bertz CT molecular complexity index is 1170. The first-order valence-electron chi connectivity index (χ1n) is 10.1. The third-order valence-corrected chi connectivity index (χ3v) is 5.96. The van der Waals surface area contributed by atoms with E-state index in [1.54, 1.807) is 11.0 Å². The van der Waals surface area contributed by atoms with E-state index in [0.29, 0.717) is 22.9 Å². The number of hydrogen-bond donors (Lipinski definition) is 1. The highest BCUT2D eigenvalue weighted by atomic mass is 32.2. The monoisotopic (exact) mass is 452 g/mol. The van der Waals surface area contributed by atoms with Crippen LogP contribution in [0.5, 0.6) is 11.5 Å². The molecule has 164 valence electrons. The van der Waals surface area contributed by atoms with Crippen molar-refractivity contribution in [1.82, 2.24) is 10.2 Å². The molecule has 0 radical (unpaired) electrons. The van der Waals surface area contributed by atoms with Crippen LogP contribution in [0.4, 0.5) is 11.4 Å². The molecule has 10 heteroatoms. The van der Waals surface area contributed by atoms with Gasteiger partial charge in [0, 0.05) is 12.5 Å². The molecule has 0 saturated carbocycles. The summed E-state index contributed by atoms with van der Waals surface area (Å²) < 4.78 is 17.3. The van der Waals surface area contributed by atoms with Gasteiger partial charge in [-0.1, -0.05) is 36.0 Å². The van der Waals surface area contributed by atoms with Crippen molar-refractivity contribution in [3.63, 3.8) is 0 Å². The van der Waals surface area contributed by atoms with Crippen molar-refractivity contribution < 1.29 is 23.5 Å². The third-order valence-electron chi connectivity index (χ3n) is 5.15. The summed E-state index contributed by atoms with van der Waals surface area (Å²) in [4.78, 5) is 26.9. The van der Waals surface area contributed by atoms with Crippen LogP contribution in [0.15, 0.2) is 58.2 Å². The van der Waals surface area contributed by atoms with Crippen LogP contribution in [-0.4, -0.2) is 40.4 Å². The van der Waals surface area contributed by atoms with Gasteiger partial charge in [0.05, 0.1) is 17.1 Å². The lowest BCUT2D eigenvalue weighted by Gasteiger charge is -2.27. The Balaban J connectivity index is 1.26. The molecule has 2 aliphatic rings. The Hall–Kier alpha value is -3.53. The van der Waals surface area contributed by atoms with E-state index in [-0.39, 0.29) is 47.8 Å². The average molecular weight is 452 g/mol. The van der Waals surface area contributed by atoms with Crippen LogP contribution in [-0.2, 0) is 9.59 Å². The highest BCUT2D eigenvalue weighted by Crippen LogP contribution is 2.36. The Morgan fingerprint density at radius 1 is 1.16 bits per heavy atom. The summed E-state index contributed by atoms with van der Waals surface area (Å²) in [6.07, 6.45) is -0.298. The number of nitrogens with zero attached hydrogens (tertiary/aromatic N) is 3. The maximum Gasteiger partial charge on any atom is 0.277 e. The third kappa shape index (κ3) is 4.01. The first-order valence-corrected chi connectivity index (χ1v) is 11.1. The Morgan fingerprint density at radius 2 is 1.94 bits per heavy atom. The van der Waals surface area contributed by atoms with E-state index >= 15 is 0 Å². The van der Waals surface area contributed by atoms with E-state index in [1.807, 2.05) is 49.4 Å². The van der Waals surface area contributed by atoms with Crippen molar-refractivity contribution >= 4 is 35.0 Å². The highest BCUT2D eigenvalue weighted by Gasteiger charge is 2.31. The largest absolute Gasteiger partial charge is 0.485 e. The number of thioether (sulfide) groups is 1. The fraction of sp³-hybridized carbons (Fsp3) is 0.273. The second kappa shape index (κ2) is 8.54. The van der Waals surface area contributed by atoms with Gasteiger partial charge in [-0.2, -0.15) is 0 Å². The van der Waals surface area contributed by atoms with Crippen LogP contribution >= 0.6 is 11.8 Å². The van der Waals surface area contributed by atoms with Crippen LogP contribution < -0.4 is 19.7 Å². The lowest BCUT2D eigenvalue weighted by molar-refractivity contribution is -0.117. The van der Waals surface area contributed by atoms with E-state index in [2.05, 4.69) is 15.5 Å². The Kier molecular flexibility index (Phi) is 5.44. The molecule has 0 spiro atoms. The van der Waals surface area contributed by atoms with Crippen LogP contribution in [0.1, 0.15) is 25.3 Å². The number of aromatic nitrogens is 2. The molecule has 2 aromatic carbocycles. The Morgan fingerprint density at radius 3 is 2.81 bits per heavy atom. The molecule has 5 rings (SSSR count). The topological polar surface area (TPSA) is 107 Å². The number of rotatable bonds is 4. The van der Waals surface area contributed by atoms with Gasteiger partial charge in [0.1, 0.15) is 6.61 Å². The zero-order valence-electron chi connectivity index (χ0n) is 17.2. The van der Waals surface area contributed by atoms with Gasteiger partial charge >= 0.3 is 0 Å². The zero-order chi connectivity index (χ0) is 22.1. The molecule has 2 atom stereocenters. The standard InChI is InChI=1S/C22H20N4O5S/c1-13-10-19(27)23-14-6-2-3-7-15(14)26(13)20(28)12-32-22-25-24-21(31-22)18-11-29-16-8-4-5-9-17(16)30-18/h2-9,13,18H,10-12H2,1H3,(H,23,27)/t13-,18-/m1/s1. The van der Waals surface area contributed by atoms with Crippen molar-refractivity contribution in [1.29, 1.82) is 0 Å². The van der Waals surface area contributed by atoms with Gasteiger partial charge in [-0.25, -0.2) is 0 Å². The van der Waals surface area contributed by atoms with E-state index in [4.69, 9.17) is 13.9 Å². The number of ether oxygens (including phenoxy) is 2. The molecule has 0 bridgehead atoms. The predicted molar refractivity (Wildman–Crippen MR) is 117 cm³/mol. The van der Waals surface area contributed by atoms with Gasteiger partial charge in [0.25, 0.3) is 11.1 Å². The smallest absolute Gasteiger partial charge is 0.277 e. The summed E-state index contributed by atoms with van der Waals surface area (Å²) in [6, 6.07) is 14.4. The molecular formula is C22H20N4O5S. The zero-order valence-corrected chi connectivity index (χ0v) is 18.0. The summed E-state index contributed by atoms with van der Waals surface area (Å²) in [5.74, 6) is 1.38. The SMILES string of the molecule is C[C@@H]1CC(=O)Nc2ccccc2N1C(=O)CSc1nnc([C@H]2COc3ccccc3O2)o1. The van der Waals surface area contributed by atoms with E-state index in [0.717, 1.165) is 11.8 Å². The first-order chi connectivity index (χ1) is 15.6. The number of carbonyl (C=O) groups is 2. The number of anilines is 2. The molecule has 0 saturated heterocycles. The number of nitrogens with one attached hydrogen (secondary N) is 1. The Labute approximate surface area is 188 Å². The van der Waals surface area contributed by atoms with E-state index in [9.17, 15) is 9.59 Å². The second-order valence-corrected chi connectivity index (χ2v) is 8.37. The minimum absolute atomic E-state index is 0.0827. The molecule has 3 heterocycles. The van der Waals surface area contributed by atoms with Gasteiger partial charge in [-0.3, -0.25) is 9.59 Å². The summed E-state index contributed by atoms with van der Waals surface area (Å²) >= 11 is 1.14. The number of benzene rings is 2. The first kappa shape index (κ1) is 20.4. The maximum atomic E-state index is 13.1. The lowest BCUT2D eigenvalue weighted by atomic mass is 10.2. The molecule has 32 heavy (non-hydrogen) atoms. The predicted octanol–water partition coefficient (Wildman–Crippen LogP) is 3.44. The van der Waals surface area contributed by atoms with E-state index < -0.39 is 6.10 Å². The maximum absolute atomic E-state index is 13.1. The summed E-state index contributed by atoms with van der Waals surface area (Å²) in [7, 11) is 0. The summed E-state index contributed by atoms with van der Waals surface area (Å²) in [5.41, 5.74) is 1.30. The minimum Gasteiger partial charge on any atom is -0.485 e. The van der Waals surface area contributed by atoms with Crippen LogP contribution in [0.2, 0.25) is 0 Å². The quantitative estimate of drug-likeness (QED) is 0.600. The van der Waals surface area contributed by atoms with Gasteiger partial charge in [0.15, 0.2) is 11.5 Å². The molecule has 0 fully saturated rings. The van der Waals surface area contributed by atoms with Crippen LogP contribution in [0.3, 0.4) is 0 Å². The number of para-hydroxylation sites is 4. The highest BCUT2D eigenvalue weighted by molar-refractivity contribution is 7.99. The normalized spacial score (nSPS) is 19.7. The van der Waals surface area contributed by atoms with Crippen molar-refractivity contribution in [2.75, 3.05) is 22.6 Å². The number of fused-ring (bicyclic) bond motifs is 2. The number of carbonyl (C=O) groups excluding carboxylic acids is 2. The summed E-state index contributed by atoms with van der Waals surface area (Å²) in [5, 5.41) is 11.2. The van der Waals surface area contributed by atoms with Crippen molar-refractivity contribution in [3.05, 3.63) is 54.4 Å².